The number of aliphatic carboxylic acids is 1. The van der Waals surface area contributed by atoms with Gasteiger partial charge in [-0.25, -0.2) is 9.18 Å². The molecule has 1 fully saturated rings. The molecule has 1 N–H and O–H groups in total. The highest BCUT2D eigenvalue weighted by molar-refractivity contribution is 5.85. The third-order valence-corrected chi connectivity index (χ3v) is 3.82. The highest BCUT2D eigenvalue weighted by Crippen LogP contribution is 2.30. The van der Waals surface area contributed by atoms with Gasteiger partial charge in [-0.05, 0) is 49.5 Å². The standard InChI is InChI=1S/C16H20FNO2/c1-11-3-4-12(2)18(10-11)15-7-5-13(9-14(15)17)6-8-16(19)20/h5-9,11-12H,3-4,10H2,1-2H3,(H,19,20). The third-order valence-electron chi connectivity index (χ3n) is 3.82. The molecular weight excluding hydrogens is 257 g/mol. The Morgan fingerprint density at radius 2 is 2.15 bits per heavy atom. The second kappa shape index (κ2) is 6.07. The molecule has 0 amide bonds. The summed E-state index contributed by atoms with van der Waals surface area (Å²) in [5, 5.41) is 8.58. The van der Waals surface area contributed by atoms with Gasteiger partial charge in [0.05, 0.1) is 5.69 Å². The maximum absolute atomic E-state index is 14.2. The van der Waals surface area contributed by atoms with Crippen LogP contribution in [0.4, 0.5) is 10.1 Å². The molecule has 1 aliphatic heterocycles. The van der Waals surface area contributed by atoms with Gasteiger partial charge in [-0.2, -0.15) is 0 Å². The second-order valence-corrected chi connectivity index (χ2v) is 5.57. The Morgan fingerprint density at radius 1 is 1.40 bits per heavy atom. The Labute approximate surface area is 118 Å². The molecule has 0 aliphatic carbocycles. The lowest BCUT2D eigenvalue weighted by Gasteiger charge is -2.38. The van der Waals surface area contributed by atoms with Gasteiger partial charge in [-0.3, -0.25) is 0 Å². The van der Waals surface area contributed by atoms with Gasteiger partial charge >= 0.3 is 5.97 Å². The van der Waals surface area contributed by atoms with Crippen LogP contribution < -0.4 is 4.90 Å². The van der Waals surface area contributed by atoms with E-state index in [0.717, 1.165) is 19.0 Å². The smallest absolute Gasteiger partial charge is 0.328 e. The van der Waals surface area contributed by atoms with Gasteiger partial charge < -0.3 is 10.0 Å². The molecule has 108 valence electrons. The topological polar surface area (TPSA) is 40.5 Å². The van der Waals surface area contributed by atoms with Crippen LogP contribution in [-0.2, 0) is 4.79 Å². The van der Waals surface area contributed by atoms with Gasteiger partial charge in [0.1, 0.15) is 5.82 Å². The summed E-state index contributed by atoms with van der Waals surface area (Å²) >= 11 is 0. The minimum atomic E-state index is -1.03. The number of benzene rings is 1. The first-order valence-corrected chi connectivity index (χ1v) is 6.94. The largest absolute Gasteiger partial charge is 0.478 e. The van der Waals surface area contributed by atoms with Crippen LogP contribution in [0.25, 0.3) is 6.08 Å². The Balaban J connectivity index is 2.22. The molecule has 20 heavy (non-hydrogen) atoms. The molecule has 2 unspecified atom stereocenters. The van der Waals surface area contributed by atoms with Crippen molar-refractivity contribution in [1.82, 2.24) is 0 Å². The number of piperidine rings is 1. The van der Waals surface area contributed by atoms with Crippen LogP contribution in [0, 0.1) is 11.7 Å². The molecule has 0 bridgehead atoms. The second-order valence-electron chi connectivity index (χ2n) is 5.57. The Kier molecular flexibility index (Phi) is 4.42. The van der Waals surface area contributed by atoms with Gasteiger partial charge in [0, 0.05) is 18.7 Å². The lowest BCUT2D eigenvalue weighted by molar-refractivity contribution is -0.131. The highest BCUT2D eigenvalue weighted by atomic mass is 19.1. The molecule has 1 saturated heterocycles. The van der Waals surface area contributed by atoms with Crippen LogP contribution in [0.15, 0.2) is 24.3 Å². The molecule has 4 heteroatoms. The molecule has 0 saturated carbocycles. The van der Waals surface area contributed by atoms with Gasteiger partial charge in [0.25, 0.3) is 0 Å². The lowest BCUT2D eigenvalue weighted by Crippen LogP contribution is -2.41. The summed E-state index contributed by atoms with van der Waals surface area (Å²) in [5.41, 5.74) is 1.17. The summed E-state index contributed by atoms with van der Waals surface area (Å²) in [6, 6.07) is 5.22. The number of carbonyl (C=O) groups is 1. The van der Waals surface area contributed by atoms with Crippen molar-refractivity contribution >= 4 is 17.7 Å². The molecule has 1 aromatic rings. The van der Waals surface area contributed by atoms with E-state index in [0.29, 0.717) is 23.2 Å². The van der Waals surface area contributed by atoms with Crippen LogP contribution in [0.5, 0.6) is 0 Å². The average Bonchev–Trinajstić information content (AvgIpc) is 2.39. The molecule has 1 aromatic carbocycles. The molecule has 3 nitrogen and oxygen atoms in total. The van der Waals surface area contributed by atoms with Crippen molar-refractivity contribution in [1.29, 1.82) is 0 Å². The number of halogens is 1. The molecule has 1 heterocycles. The average molecular weight is 277 g/mol. The SMILES string of the molecule is CC1CCC(C)N(c2ccc(C=CC(=O)O)cc2F)C1. The van der Waals surface area contributed by atoms with E-state index in [9.17, 15) is 9.18 Å². The van der Waals surface area contributed by atoms with Crippen molar-refractivity contribution in [2.45, 2.75) is 32.7 Å². The summed E-state index contributed by atoms with van der Waals surface area (Å²) in [4.78, 5) is 12.6. The van der Waals surface area contributed by atoms with Crippen molar-refractivity contribution < 1.29 is 14.3 Å². The number of anilines is 1. The van der Waals surface area contributed by atoms with E-state index in [1.54, 1.807) is 12.1 Å². The third kappa shape index (κ3) is 3.38. The predicted octanol–water partition coefficient (Wildman–Crippen LogP) is 3.55. The minimum Gasteiger partial charge on any atom is -0.478 e. The summed E-state index contributed by atoms with van der Waals surface area (Å²) in [6.07, 6.45) is 4.66. The number of rotatable bonds is 3. The van der Waals surface area contributed by atoms with E-state index >= 15 is 0 Å². The normalized spacial score (nSPS) is 23.2. The number of carboxylic acid groups (broad SMARTS) is 1. The maximum atomic E-state index is 14.2. The summed E-state index contributed by atoms with van der Waals surface area (Å²) < 4.78 is 14.2. The number of nitrogens with zero attached hydrogens (tertiary/aromatic N) is 1. The fraction of sp³-hybridized carbons (Fsp3) is 0.438. The van der Waals surface area contributed by atoms with Crippen molar-refractivity contribution in [2.24, 2.45) is 5.92 Å². The van der Waals surface area contributed by atoms with Gasteiger partial charge in [-0.15, -0.1) is 0 Å². The van der Waals surface area contributed by atoms with Crippen molar-refractivity contribution in [3.63, 3.8) is 0 Å². The molecule has 0 aromatic heterocycles. The van der Waals surface area contributed by atoms with Crippen molar-refractivity contribution in [3.05, 3.63) is 35.7 Å². The van der Waals surface area contributed by atoms with E-state index in [1.807, 2.05) is 0 Å². The summed E-state index contributed by atoms with van der Waals surface area (Å²) in [6.45, 7) is 5.16. The summed E-state index contributed by atoms with van der Waals surface area (Å²) in [5.74, 6) is -0.761. The van der Waals surface area contributed by atoms with E-state index in [1.165, 1.54) is 18.6 Å². The molecule has 0 spiro atoms. The maximum Gasteiger partial charge on any atom is 0.328 e. The van der Waals surface area contributed by atoms with E-state index in [4.69, 9.17) is 5.11 Å². The fourth-order valence-electron chi connectivity index (χ4n) is 2.65. The van der Waals surface area contributed by atoms with Crippen molar-refractivity contribution in [2.75, 3.05) is 11.4 Å². The Bertz CT molecular complexity index is 527. The first kappa shape index (κ1) is 14.6. The quantitative estimate of drug-likeness (QED) is 0.859. The zero-order valence-electron chi connectivity index (χ0n) is 11.8. The van der Waals surface area contributed by atoms with E-state index in [-0.39, 0.29) is 5.82 Å². The van der Waals surface area contributed by atoms with Crippen LogP contribution in [0.2, 0.25) is 0 Å². The molecule has 0 radical (unpaired) electrons. The Hall–Kier alpha value is -1.84. The molecule has 2 rings (SSSR count). The predicted molar refractivity (Wildman–Crippen MR) is 78.3 cm³/mol. The number of hydrogen-bond donors (Lipinski definition) is 1. The Morgan fingerprint density at radius 3 is 2.80 bits per heavy atom. The molecular formula is C16H20FNO2. The minimum absolute atomic E-state index is 0.293. The van der Waals surface area contributed by atoms with Crippen LogP contribution in [0.1, 0.15) is 32.3 Å². The first-order valence-electron chi connectivity index (χ1n) is 6.94. The van der Waals surface area contributed by atoms with Crippen LogP contribution in [0.3, 0.4) is 0 Å². The van der Waals surface area contributed by atoms with E-state index in [2.05, 4.69) is 18.7 Å². The lowest BCUT2D eigenvalue weighted by atomic mass is 9.94. The number of carboxylic acids is 1. The van der Waals surface area contributed by atoms with Crippen molar-refractivity contribution in [3.8, 4) is 0 Å². The van der Waals surface area contributed by atoms with Crippen LogP contribution >= 0.6 is 0 Å². The highest BCUT2D eigenvalue weighted by Gasteiger charge is 2.24. The molecule has 2 atom stereocenters. The number of hydrogen-bond acceptors (Lipinski definition) is 2. The summed E-state index contributed by atoms with van der Waals surface area (Å²) in [7, 11) is 0. The van der Waals surface area contributed by atoms with Crippen LogP contribution in [-0.4, -0.2) is 23.7 Å². The van der Waals surface area contributed by atoms with Gasteiger partial charge in [-0.1, -0.05) is 13.0 Å². The van der Waals surface area contributed by atoms with Gasteiger partial charge in [0.2, 0.25) is 0 Å². The zero-order chi connectivity index (χ0) is 14.7. The van der Waals surface area contributed by atoms with Gasteiger partial charge in [0.15, 0.2) is 0 Å². The monoisotopic (exact) mass is 277 g/mol. The zero-order valence-corrected chi connectivity index (χ0v) is 11.8. The molecule has 1 aliphatic rings. The van der Waals surface area contributed by atoms with E-state index < -0.39 is 5.97 Å². The fourth-order valence-corrected chi connectivity index (χ4v) is 2.65. The first-order chi connectivity index (χ1) is 9.47.